The van der Waals surface area contributed by atoms with Gasteiger partial charge in [0.05, 0.1) is 10.9 Å². The van der Waals surface area contributed by atoms with E-state index in [1.165, 1.54) is 0 Å². The quantitative estimate of drug-likeness (QED) is 0.539. The molecule has 3 aromatic heterocycles. The summed E-state index contributed by atoms with van der Waals surface area (Å²) in [4.78, 5) is 13.7. The second kappa shape index (κ2) is 6.01. The second-order valence-electron chi connectivity index (χ2n) is 9.23. The molecule has 0 atom stereocenters. The summed E-state index contributed by atoms with van der Waals surface area (Å²) < 4.78 is 2.41. The highest BCUT2D eigenvalue weighted by molar-refractivity contribution is 6.03. The number of aromatic nitrogens is 4. The number of pyridine rings is 1. The number of nitrogens with zero attached hydrogens (tertiary/aromatic N) is 4. The maximum absolute atomic E-state index is 10.1. The first-order chi connectivity index (χ1) is 14.6. The largest absolute Gasteiger partial charge is 0.396 e. The molecule has 3 heterocycles. The van der Waals surface area contributed by atoms with Gasteiger partial charge in [0.25, 0.3) is 0 Å². The predicted octanol–water partition coefficient (Wildman–Crippen LogP) is 4.19. The monoisotopic (exact) mass is 399 g/mol. The SMILES string of the molecule is Cc1c(-c2cnc3ccccc3c2)c2c(N)ncnc2n1C12CCC(CO)(CC1)C2. The Balaban J connectivity index is 1.63. The Hall–Kier alpha value is -2.99. The number of para-hydroxylation sites is 1. The van der Waals surface area contributed by atoms with E-state index in [4.69, 9.17) is 10.7 Å². The maximum Gasteiger partial charge on any atom is 0.146 e. The van der Waals surface area contributed by atoms with Gasteiger partial charge in [0, 0.05) is 40.5 Å². The lowest BCUT2D eigenvalue weighted by Gasteiger charge is -2.31. The number of fused-ring (bicyclic) bond motifs is 4. The third kappa shape index (κ3) is 2.25. The Morgan fingerprint density at radius 2 is 1.90 bits per heavy atom. The van der Waals surface area contributed by atoms with Crippen LogP contribution in [-0.4, -0.2) is 31.2 Å². The third-order valence-electron chi connectivity index (χ3n) is 7.65. The molecule has 0 spiro atoms. The smallest absolute Gasteiger partial charge is 0.146 e. The van der Waals surface area contributed by atoms with Crippen LogP contribution in [-0.2, 0) is 5.54 Å². The van der Waals surface area contributed by atoms with Gasteiger partial charge in [-0.2, -0.15) is 0 Å². The van der Waals surface area contributed by atoms with Gasteiger partial charge in [0.1, 0.15) is 17.8 Å². The number of hydrogen-bond donors (Lipinski definition) is 2. The van der Waals surface area contributed by atoms with Gasteiger partial charge in [0.2, 0.25) is 0 Å². The molecule has 152 valence electrons. The van der Waals surface area contributed by atoms with Crippen molar-refractivity contribution in [3.8, 4) is 11.1 Å². The first kappa shape index (κ1) is 17.8. The molecule has 1 aromatic carbocycles. The zero-order valence-electron chi connectivity index (χ0n) is 17.1. The Labute approximate surface area is 174 Å². The van der Waals surface area contributed by atoms with E-state index in [1.54, 1.807) is 6.33 Å². The fraction of sp³-hybridized carbons (Fsp3) is 0.375. The summed E-state index contributed by atoms with van der Waals surface area (Å²) in [5.41, 5.74) is 11.6. The van der Waals surface area contributed by atoms with E-state index in [-0.39, 0.29) is 17.6 Å². The lowest BCUT2D eigenvalue weighted by Crippen LogP contribution is -2.29. The number of anilines is 1. The molecule has 0 radical (unpaired) electrons. The van der Waals surface area contributed by atoms with E-state index < -0.39 is 0 Å². The number of nitrogens with two attached hydrogens (primary N) is 1. The van der Waals surface area contributed by atoms with Crippen molar-refractivity contribution in [1.29, 1.82) is 0 Å². The van der Waals surface area contributed by atoms with Crippen LogP contribution in [0.2, 0.25) is 0 Å². The third-order valence-corrected chi connectivity index (χ3v) is 7.65. The van der Waals surface area contributed by atoms with Crippen molar-refractivity contribution in [3.05, 3.63) is 48.5 Å². The van der Waals surface area contributed by atoms with Crippen molar-refractivity contribution < 1.29 is 5.11 Å². The topological polar surface area (TPSA) is 89.9 Å². The molecule has 0 aliphatic heterocycles. The maximum atomic E-state index is 10.1. The Kier molecular flexibility index (Phi) is 3.58. The van der Waals surface area contributed by atoms with Gasteiger partial charge < -0.3 is 15.4 Å². The van der Waals surface area contributed by atoms with E-state index in [2.05, 4.69) is 33.6 Å². The highest BCUT2D eigenvalue weighted by atomic mass is 16.3. The number of nitrogen functional groups attached to an aromatic ring is 1. The standard InChI is InChI=1S/C24H25N5O/c1-15-19(17-10-16-4-2-3-5-18(16)26-11-17)20-21(25)27-14-28-22(20)29(15)24-8-6-23(12-24,13-30)7-9-24/h2-5,10-11,14,30H,6-9,12-13H2,1H3,(H2,25,27,28). The van der Waals surface area contributed by atoms with Crippen molar-refractivity contribution in [3.63, 3.8) is 0 Å². The molecular weight excluding hydrogens is 374 g/mol. The summed E-state index contributed by atoms with van der Waals surface area (Å²) >= 11 is 0. The Morgan fingerprint density at radius 1 is 1.10 bits per heavy atom. The predicted molar refractivity (Wildman–Crippen MR) is 118 cm³/mol. The zero-order chi connectivity index (χ0) is 20.5. The Morgan fingerprint density at radius 3 is 2.67 bits per heavy atom. The van der Waals surface area contributed by atoms with Gasteiger partial charge in [-0.1, -0.05) is 18.2 Å². The van der Waals surface area contributed by atoms with Crippen molar-refractivity contribution >= 4 is 27.8 Å². The molecule has 2 saturated carbocycles. The zero-order valence-corrected chi connectivity index (χ0v) is 17.1. The van der Waals surface area contributed by atoms with Crippen LogP contribution in [0.1, 0.15) is 37.8 Å². The van der Waals surface area contributed by atoms with E-state index >= 15 is 0 Å². The van der Waals surface area contributed by atoms with E-state index in [1.807, 2.05) is 24.4 Å². The van der Waals surface area contributed by atoms with Crippen LogP contribution in [0, 0.1) is 12.3 Å². The highest BCUT2D eigenvalue weighted by Crippen LogP contribution is 2.61. The molecule has 4 aromatic rings. The molecule has 2 bridgehead atoms. The Bertz CT molecular complexity index is 1300. The van der Waals surface area contributed by atoms with Crippen molar-refractivity contribution in [2.45, 2.75) is 44.6 Å². The number of hydrogen-bond acceptors (Lipinski definition) is 5. The van der Waals surface area contributed by atoms with E-state index in [0.29, 0.717) is 5.82 Å². The van der Waals surface area contributed by atoms with Crippen LogP contribution in [0.5, 0.6) is 0 Å². The van der Waals surface area contributed by atoms with Gasteiger partial charge in [0.15, 0.2) is 0 Å². The van der Waals surface area contributed by atoms with Crippen LogP contribution in [0.25, 0.3) is 33.1 Å². The van der Waals surface area contributed by atoms with Crippen LogP contribution in [0.15, 0.2) is 42.9 Å². The highest BCUT2D eigenvalue weighted by Gasteiger charge is 2.55. The number of benzene rings is 1. The molecule has 2 fully saturated rings. The molecule has 6 heteroatoms. The van der Waals surface area contributed by atoms with Gasteiger partial charge >= 0.3 is 0 Å². The average Bonchev–Trinajstić information content (AvgIpc) is 3.42. The van der Waals surface area contributed by atoms with E-state index in [0.717, 1.165) is 70.9 Å². The lowest BCUT2D eigenvalue weighted by molar-refractivity contribution is 0.133. The summed E-state index contributed by atoms with van der Waals surface area (Å²) in [6.07, 6.45) is 8.76. The summed E-state index contributed by atoms with van der Waals surface area (Å²) in [6.45, 7) is 2.43. The minimum Gasteiger partial charge on any atom is -0.396 e. The fourth-order valence-corrected chi connectivity index (χ4v) is 6.21. The average molecular weight is 399 g/mol. The summed E-state index contributed by atoms with van der Waals surface area (Å²) in [6, 6.07) is 10.3. The van der Waals surface area contributed by atoms with Crippen LogP contribution in [0.4, 0.5) is 5.82 Å². The lowest BCUT2D eigenvalue weighted by atomic mass is 9.85. The van der Waals surface area contributed by atoms with Crippen molar-refractivity contribution in [2.24, 2.45) is 5.41 Å². The van der Waals surface area contributed by atoms with Crippen LogP contribution in [0.3, 0.4) is 0 Å². The molecule has 3 N–H and O–H groups in total. The first-order valence-electron chi connectivity index (χ1n) is 10.6. The summed E-state index contributed by atoms with van der Waals surface area (Å²) in [5.74, 6) is 0.505. The summed E-state index contributed by atoms with van der Waals surface area (Å²) in [7, 11) is 0. The molecule has 6 nitrogen and oxygen atoms in total. The molecule has 0 unspecified atom stereocenters. The molecule has 2 aliphatic rings. The van der Waals surface area contributed by atoms with Gasteiger partial charge in [-0.25, -0.2) is 9.97 Å². The molecule has 6 rings (SSSR count). The van der Waals surface area contributed by atoms with Gasteiger partial charge in [-0.05, 0) is 56.6 Å². The minimum absolute atomic E-state index is 0.00557. The normalized spacial score (nSPS) is 25.5. The van der Waals surface area contributed by atoms with Crippen LogP contribution < -0.4 is 5.73 Å². The molecule has 0 saturated heterocycles. The van der Waals surface area contributed by atoms with Gasteiger partial charge in [-0.3, -0.25) is 4.98 Å². The fourth-order valence-electron chi connectivity index (χ4n) is 6.21. The first-order valence-corrected chi connectivity index (χ1v) is 10.6. The van der Waals surface area contributed by atoms with Crippen LogP contribution >= 0.6 is 0 Å². The summed E-state index contributed by atoms with van der Waals surface area (Å²) in [5, 5.41) is 12.1. The number of aliphatic hydroxyl groups is 1. The minimum atomic E-state index is -0.00557. The van der Waals surface area contributed by atoms with E-state index in [9.17, 15) is 5.11 Å². The second-order valence-corrected chi connectivity index (χ2v) is 9.23. The molecule has 30 heavy (non-hydrogen) atoms. The number of aliphatic hydroxyl groups excluding tert-OH is 1. The molecular formula is C24H25N5O. The molecule has 2 aliphatic carbocycles. The number of rotatable bonds is 3. The van der Waals surface area contributed by atoms with Crippen molar-refractivity contribution in [1.82, 2.24) is 19.5 Å². The van der Waals surface area contributed by atoms with Crippen molar-refractivity contribution in [2.75, 3.05) is 12.3 Å². The van der Waals surface area contributed by atoms with Gasteiger partial charge in [-0.15, -0.1) is 0 Å². The molecule has 0 amide bonds.